The summed E-state index contributed by atoms with van der Waals surface area (Å²) in [6, 6.07) is 0. The summed E-state index contributed by atoms with van der Waals surface area (Å²) in [6.07, 6.45) is 37.7. The molecule has 0 bridgehead atoms. The molecule has 0 heterocycles. The van der Waals surface area contributed by atoms with Crippen molar-refractivity contribution in [3.05, 3.63) is 0 Å². The lowest BCUT2D eigenvalue weighted by molar-refractivity contribution is -0.147. The minimum atomic E-state index is -0.0304. The van der Waals surface area contributed by atoms with Crippen LogP contribution in [-0.2, 0) is 19.1 Å². The lowest BCUT2D eigenvalue weighted by Crippen LogP contribution is -2.28. The number of carbonyl (C=O) groups is 2. The quantitative estimate of drug-likeness (QED) is 0.0494. The number of carbonyl (C=O) groups excluding carboxylic acids is 2. The van der Waals surface area contributed by atoms with Crippen LogP contribution in [0.15, 0.2) is 0 Å². The largest absolute Gasteiger partial charge is 0.465 e. The van der Waals surface area contributed by atoms with E-state index < -0.39 is 0 Å². The maximum absolute atomic E-state index is 12.8. The molecule has 320 valence electrons. The Bertz CT molecular complexity index is 857. The summed E-state index contributed by atoms with van der Waals surface area (Å²) in [5.41, 5.74) is 0.396. The number of hydrogen-bond donors (Lipinski definition) is 1. The Labute approximate surface area is 336 Å². The summed E-state index contributed by atoms with van der Waals surface area (Å²) in [6.45, 7) is 15.8. The van der Waals surface area contributed by atoms with Crippen LogP contribution in [0.25, 0.3) is 0 Å². The average Bonchev–Trinajstić information content (AvgIpc) is 3.94. The molecule has 1 fully saturated rings. The van der Waals surface area contributed by atoms with Crippen molar-refractivity contribution >= 4 is 11.9 Å². The van der Waals surface area contributed by atoms with E-state index in [1.54, 1.807) is 0 Å². The van der Waals surface area contributed by atoms with Gasteiger partial charge in [0.25, 0.3) is 0 Å². The average molecular weight is 764 g/mol. The summed E-state index contributed by atoms with van der Waals surface area (Å²) >= 11 is 0. The summed E-state index contributed by atoms with van der Waals surface area (Å²) < 4.78 is 11.6. The van der Waals surface area contributed by atoms with Crippen LogP contribution in [0.3, 0.4) is 0 Å². The molecule has 0 spiro atoms. The number of aliphatic hydroxyl groups is 1. The third-order valence-electron chi connectivity index (χ3n) is 12.2. The molecule has 0 saturated heterocycles. The van der Waals surface area contributed by atoms with E-state index in [0.717, 1.165) is 58.2 Å². The lowest BCUT2D eigenvalue weighted by Gasteiger charge is -2.25. The van der Waals surface area contributed by atoms with Gasteiger partial charge in [-0.1, -0.05) is 157 Å². The minimum Gasteiger partial charge on any atom is -0.465 e. The van der Waals surface area contributed by atoms with Crippen molar-refractivity contribution in [1.82, 2.24) is 4.90 Å². The van der Waals surface area contributed by atoms with Crippen LogP contribution in [-0.4, -0.2) is 61.4 Å². The van der Waals surface area contributed by atoms with Gasteiger partial charge >= 0.3 is 11.9 Å². The van der Waals surface area contributed by atoms with E-state index in [-0.39, 0.29) is 24.0 Å². The summed E-state index contributed by atoms with van der Waals surface area (Å²) in [5.74, 6) is 0.534. The molecule has 0 unspecified atom stereocenters. The van der Waals surface area contributed by atoms with Gasteiger partial charge in [0.15, 0.2) is 0 Å². The Kier molecular flexibility index (Phi) is 32.0. The van der Waals surface area contributed by atoms with E-state index in [1.807, 2.05) is 0 Å². The molecule has 0 aromatic heterocycles. The van der Waals surface area contributed by atoms with E-state index in [4.69, 9.17) is 9.47 Å². The molecule has 1 rings (SSSR count). The molecule has 54 heavy (non-hydrogen) atoms. The highest BCUT2D eigenvalue weighted by molar-refractivity contribution is 5.69. The van der Waals surface area contributed by atoms with Gasteiger partial charge < -0.3 is 19.5 Å². The highest BCUT2D eigenvalue weighted by atomic mass is 16.5. The minimum absolute atomic E-state index is 0.0193. The molecule has 6 heteroatoms. The van der Waals surface area contributed by atoms with Crippen LogP contribution in [0.2, 0.25) is 0 Å². The number of hydrogen-bond acceptors (Lipinski definition) is 6. The third kappa shape index (κ3) is 30.1. The molecule has 6 nitrogen and oxygen atoms in total. The first-order chi connectivity index (χ1) is 26.2. The summed E-state index contributed by atoms with van der Waals surface area (Å²) in [5, 5.41) is 9.50. The Morgan fingerprint density at radius 1 is 0.593 bits per heavy atom. The predicted molar refractivity (Wildman–Crippen MR) is 230 cm³/mol. The maximum Gasteiger partial charge on any atom is 0.305 e. The molecular weight excluding hydrogens is 671 g/mol. The molecule has 1 aliphatic rings. The molecule has 0 aromatic carbocycles. The van der Waals surface area contributed by atoms with Crippen molar-refractivity contribution in [1.29, 1.82) is 0 Å². The fourth-order valence-corrected chi connectivity index (χ4v) is 8.06. The SMILES string of the molecule is CCCCCCCCCC(=O)OCC(C)(C)CCCCCN(CCCO)CCCCC1(CCC(=O)OCC(CCCCCCC)CCCCCCC)CC1. The Morgan fingerprint density at radius 3 is 1.67 bits per heavy atom. The van der Waals surface area contributed by atoms with Crippen molar-refractivity contribution in [3.8, 4) is 0 Å². The number of rotatable bonds is 41. The second-order valence-corrected chi connectivity index (χ2v) is 18.3. The number of nitrogens with zero attached hydrogens (tertiary/aromatic N) is 1. The van der Waals surface area contributed by atoms with Gasteiger partial charge in [0, 0.05) is 26.0 Å². The van der Waals surface area contributed by atoms with Gasteiger partial charge in [-0.2, -0.15) is 0 Å². The van der Waals surface area contributed by atoms with Gasteiger partial charge in [0.2, 0.25) is 0 Å². The highest BCUT2D eigenvalue weighted by Gasteiger charge is 2.41. The summed E-state index contributed by atoms with van der Waals surface area (Å²) in [4.78, 5) is 27.7. The van der Waals surface area contributed by atoms with Crippen LogP contribution in [0.5, 0.6) is 0 Å². The zero-order valence-electron chi connectivity index (χ0n) is 37.0. The van der Waals surface area contributed by atoms with E-state index in [1.165, 1.54) is 154 Å². The zero-order chi connectivity index (χ0) is 39.6. The fourth-order valence-electron chi connectivity index (χ4n) is 8.06. The standard InChI is InChI=1S/C48H93NO5/c1-6-9-12-15-16-19-23-31-45(51)54-43-47(4,5)33-24-20-26-38-49(40-28-41-50)39-27-25-34-48(36-37-48)35-32-46(52)53-42-44(29-21-17-13-10-7-2)30-22-18-14-11-8-3/h44,50H,6-43H2,1-5H3. The second kappa shape index (κ2) is 33.9. The van der Waals surface area contributed by atoms with Crippen molar-refractivity contribution in [2.24, 2.45) is 16.7 Å². The van der Waals surface area contributed by atoms with Crippen LogP contribution in [0.4, 0.5) is 0 Å². The van der Waals surface area contributed by atoms with Gasteiger partial charge in [-0.05, 0) is 100 Å². The molecule has 1 N–H and O–H groups in total. The molecule has 1 aliphatic carbocycles. The molecule has 0 radical (unpaired) electrons. The number of ether oxygens (including phenoxy) is 2. The van der Waals surface area contributed by atoms with Crippen LogP contribution >= 0.6 is 0 Å². The molecule has 0 amide bonds. The smallest absolute Gasteiger partial charge is 0.305 e. The van der Waals surface area contributed by atoms with E-state index in [0.29, 0.717) is 37.4 Å². The first kappa shape index (κ1) is 50.9. The monoisotopic (exact) mass is 764 g/mol. The van der Waals surface area contributed by atoms with Crippen molar-refractivity contribution in [3.63, 3.8) is 0 Å². The van der Waals surface area contributed by atoms with Crippen molar-refractivity contribution in [2.45, 2.75) is 240 Å². The van der Waals surface area contributed by atoms with Gasteiger partial charge in [-0.3, -0.25) is 9.59 Å². The third-order valence-corrected chi connectivity index (χ3v) is 12.2. The Hall–Kier alpha value is -1.14. The van der Waals surface area contributed by atoms with Crippen LogP contribution in [0, 0.1) is 16.7 Å². The molecule has 1 saturated carbocycles. The van der Waals surface area contributed by atoms with Crippen LogP contribution in [0.1, 0.15) is 240 Å². The Balaban J connectivity index is 2.27. The maximum atomic E-state index is 12.8. The first-order valence-electron chi connectivity index (χ1n) is 23.8. The second-order valence-electron chi connectivity index (χ2n) is 18.3. The molecular formula is C48H93NO5. The first-order valence-corrected chi connectivity index (χ1v) is 23.8. The molecule has 0 aromatic rings. The number of esters is 2. The highest BCUT2D eigenvalue weighted by Crippen LogP contribution is 2.53. The van der Waals surface area contributed by atoms with Gasteiger partial charge in [-0.25, -0.2) is 0 Å². The van der Waals surface area contributed by atoms with Crippen molar-refractivity contribution < 1.29 is 24.2 Å². The zero-order valence-corrected chi connectivity index (χ0v) is 37.0. The lowest BCUT2D eigenvalue weighted by atomic mass is 9.88. The Morgan fingerprint density at radius 2 is 1.09 bits per heavy atom. The van der Waals surface area contributed by atoms with Crippen LogP contribution < -0.4 is 0 Å². The van der Waals surface area contributed by atoms with E-state index >= 15 is 0 Å². The topological polar surface area (TPSA) is 76.1 Å². The van der Waals surface area contributed by atoms with Crippen molar-refractivity contribution in [2.75, 3.05) is 39.5 Å². The van der Waals surface area contributed by atoms with E-state index in [9.17, 15) is 14.7 Å². The fraction of sp³-hybridized carbons (Fsp3) is 0.958. The predicted octanol–water partition coefficient (Wildman–Crippen LogP) is 13.6. The summed E-state index contributed by atoms with van der Waals surface area (Å²) in [7, 11) is 0. The van der Waals surface area contributed by atoms with Gasteiger partial charge in [0.1, 0.15) is 0 Å². The van der Waals surface area contributed by atoms with E-state index in [2.05, 4.69) is 39.5 Å². The number of aliphatic hydroxyl groups excluding tert-OH is 1. The molecule has 0 aliphatic heterocycles. The molecule has 0 atom stereocenters. The van der Waals surface area contributed by atoms with Gasteiger partial charge in [-0.15, -0.1) is 0 Å². The van der Waals surface area contributed by atoms with Gasteiger partial charge in [0.05, 0.1) is 13.2 Å². The number of unbranched alkanes of at least 4 members (excludes halogenated alkanes) is 17. The normalized spacial score (nSPS) is 13.9.